The molecule has 40 heavy (non-hydrogen) atoms. The minimum atomic E-state index is -0.627. The molecule has 1 aliphatic heterocycles. The number of amides is 1. The number of benzene rings is 3. The van der Waals surface area contributed by atoms with Crippen LogP contribution in [0.3, 0.4) is 0 Å². The number of halogens is 1. The molecular formula is C35H39FN2O2. The Morgan fingerprint density at radius 2 is 1.60 bits per heavy atom. The van der Waals surface area contributed by atoms with E-state index < -0.39 is 6.04 Å². The molecule has 0 bridgehead atoms. The van der Waals surface area contributed by atoms with Gasteiger partial charge in [0.2, 0.25) is 5.91 Å². The normalized spacial score (nSPS) is 19.0. The van der Waals surface area contributed by atoms with Gasteiger partial charge in [-0.1, -0.05) is 89.1 Å². The quantitative estimate of drug-likeness (QED) is 0.320. The van der Waals surface area contributed by atoms with Crippen molar-refractivity contribution < 1.29 is 14.0 Å². The number of unbranched alkanes of at least 4 members (excludes halogenated alkanes) is 2. The topological polar surface area (TPSA) is 49.4 Å². The third-order valence-corrected chi connectivity index (χ3v) is 8.19. The summed E-state index contributed by atoms with van der Waals surface area (Å²) in [6, 6.07) is 22.0. The van der Waals surface area contributed by atoms with Crippen molar-refractivity contribution in [2.45, 2.75) is 83.6 Å². The van der Waals surface area contributed by atoms with Crippen molar-refractivity contribution in [3.63, 3.8) is 0 Å². The van der Waals surface area contributed by atoms with Gasteiger partial charge >= 0.3 is 0 Å². The lowest BCUT2D eigenvalue weighted by Crippen LogP contribution is -2.38. The monoisotopic (exact) mass is 538 g/mol. The van der Waals surface area contributed by atoms with Gasteiger partial charge in [0.15, 0.2) is 5.78 Å². The smallest absolute Gasteiger partial charge is 0.227 e. The number of para-hydroxylation sites is 2. The van der Waals surface area contributed by atoms with Crippen molar-refractivity contribution in [2.24, 2.45) is 0 Å². The standard InChI is InChI=1S/C35H39FN2O2/c1-5-6-7-12-32(40)38-30-11-9-8-10-28(30)37-29-21-25(23-13-17-26(18-14-23)35(2,3)4)22-31(39)33(29)34(38)24-15-19-27(36)20-16-24/h8-11,13-20,25,34,37H,5-7,12,21-22H2,1-4H3/t25-,34-/m0/s1. The Morgan fingerprint density at radius 1 is 0.925 bits per heavy atom. The summed E-state index contributed by atoms with van der Waals surface area (Å²) in [5, 5.41) is 3.58. The second kappa shape index (κ2) is 11.4. The molecule has 3 aromatic rings. The third-order valence-electron chi connectivity index (χ3n) is 8.19. The average Bonchev–Trinajstić information content (AvgIpc) is 3.08. The molecule has 2 atom stereocenters. The molecule has 0 unspecified atom stereocenters. The highest BCUT2D eigenvalue weighted by molar-refractivity contribution is 6.06. The lowest BCUT2D eigenvalue weighted by atomic mass is 9.77. The second-order valence-corrected chi connectivity index (χ2v) is 12.1. The predicted molar refractivity (Wildman–Crippen MR) is 160 cm³/mol. The second-order valence-electron chi connectivity index (χ2n) is 12.1. The average molecular weight is 539 g/mol. The molecule has 0 fully saturated rings. The summed E-state index contributed by atoms with van der Waals surface area (Å²) in [5.41, 5.74) is 6.18. The number of hydrogen-bond acceptors (Lipinski definition) is 3. The minimum Gasteiger partial charge on any atom is -0.357 e. The van der Waals surface area contributed by atoms with E-state index in [1.54, 1.807) is 17.0 Å². The molecule has 1 amide bonds. The zero-order valence-corrected chi connectivity index (χ0v) is 24.0. The van der Waals surface area contributed by atoms with E-state index in [2.05, 4.69) is 57.3 Å². The molecule has 0 radical (unpaired) electrons. The number of carbonyl (C=O) groups is 2. The van der Waals surface area contributed by atoms with Crippen molar-refractivity contribution in [3.05, 3.63) is 107 Å². The molecule has 4 nitrogen and oxygen atoms in total. The zero-order valence-electron chi connectivity index (χ0n) is 24.0. The van der Waals surface area contributed by atoms with E-state index in [9.17, 15) is 14.0 Å². The first kappa shape index (κ1) is 27.8. The number of nitrogens with zero attached hydrogens (tertiary/aromatic N) is 1. The summed E-state index contributed by atoms with van der Waals surface area (Å²) in [4.78, 5) is 29.8. The predicted octanol–water partition coefficient (Wildman–Crippen LogP) is 8.60. The molecule has 208 valence electrons. The third kappa shape index (κ3) is 5.60. The van der Waals surface area contributed by atoms with Crippen LogP contribution in [-0.4, -0.2) is 11.7 Å². The maximum absolute atomic E-state index is 14.1. The van der Waals surface area contributed by atoms with Gasteiger partial charge in [-0.05, 0) is 65.1 Å². The molecule has 2 aliphatic rings. The molecular weight excluding hydrogens is 499 g/mol. The van der Waals surface area contributed by atoms with E-state index in [0.717, 1.165) is 47.5 Å². The van der Waals surface area contributed by atoms with Crippen molar-refractivity contribution >= 4 is 23.1 Å². The minimum absolute atomic E-state index is 0.0205. The zero-order chi connectivity index (χ0) is 28.4. The molecule has 0 saturated carbocycles. The SMILES string of the molecule is CCCCCC(=O)N1c2ccccc2NC2=C(C(=O)C[C@@H](c3ccc(C(C)(C)C)cc3)C2)[C@@H]1c1ccc(F)cc1. The van der Waals surface area contributed by atoms with Crippen LogP contribution in [-0.2, 0) is 15.0 Å². The fourth-order valence-corrected chi connectivity index (χ4v) is 5.96. The summed E-state index contributed by atoms with van der Waals surface area (Å²) in [6.07, 6.45) is 4.16. The van der Waals surface area contributed by atoms with Gasteiger partial charge < -0.3 is 5.32 Å². The molecule has 5 heteroatoms. The largest absolute Gasteiger partial charge is 0.357 e. The van der Waals surface area contributed by atoms with E-state index in [0.29, 0.717) is 24.8 Å². The lowest BCUT2D eigenvalue weighted by Gasteiger charge is -2.35. The number of allylic oxidation sites excluding steroid dienone is 1. The summed E-state index contributed by atoms with van der Waals surface area (Å²) in [5.74, 6) is -0.328. The van der Waals surface area contributed by atoms with Crippen molar-refractivity contribution in [1.29, 1.82) is 0 Å². The number of hydrogen-bond donors (Lipinski definition) is 1. The van der Waals surface area contributed by atoms with Gasteiger partial charge in [0.25, 0.3) is 0 Å². The van der Waals surface area contributed by atoms with Crippen LogP contribution in [0.4, 0.5) is 15.8 Å². The Hall–Kier alpha value is -3.73. The molecule has 0 aromatic heterocycles. The molecule has 0 saturated heterocycles. The Morgan fingerprint density at radius 3 is 2.27 bits per heavy atom. The van der Waals surface area contributed by atoms with Crippen LogP contribution in [0, 0.1) is 5.82 Å². The van der Waals surface area contributed by atoms with Crippen LogP contribution in [0.5, 0.6) is 0 Å². The van der Waals surface area contributed by atoms with Gasteiger partial charge in [0.1, 0.15) is 5.82 Å². The molecule has 1 aliphatic carbocycles. The van der Waals surface area contributed by atoms with Crippen molar-refractivity contribution in [3.8, 4) is 0 Å². The summed E-state index contributed by atoms with van der Waals surface area (Å²) >= 11 is 0. The molecule has 0 spiro atoms. The summed E-state index contributed by atoms with van der Waals surface area (Å²) in [7, 11) is 0. The van der Waals surface area contributed by atoms with Gasteiger partial charge in [-0.2, -0.15) is 0 Å². The van der Waals surface area contributed by atoms with Crippen LogP contribution in [0.15, 0.2) is 84.1 Å². The van der Waals surface area contributed by atoms with Crippen LogP contribution in [0.25, 0.3) is 0 Å². The first-order valence-electron chi connectivity index (χ1n) is 14.5. The van der Waals surface area contributed by atoms with E-state index in [4.69, 9.17) is 0 Å². The molecule has 3 aromatic carbocycles. The van der Waals surface area contributed by atoms with Gasteiger partial charge in [0.05, 0.1) is 17.4 Å². The fraction of sp³-hybridized carbons (Fsp3) is 0.371. The van der Waals surface area contributed by atoms with Gasteiger partial charge in [-0.25, -0.2) is 4.39 Å². The first-order valence-corrected chi connectivity index (χ1v) is 14.5. The molecule has 5 rings (SSSR count). The molecule has 1 N–H and O–H groups in total. The number of rotatable bonds is 6. The Balaban J connectivity index is 1.61. The molecule has 1 heterocycles. The van der Waals surface area contributed by atoms with E-state index in [-0.39, 0.29) is 28.8 Å². The van der Waals surface area contributed by atoms with Gasteiger partial charge in [-0.15, -0.1) is 0 Å². The van der Waals surface area contributed by atoms with Crippen LogP contribution >= 0.6 is 0 Å². The van der Waals surface area contributed by atoms with E-state index >= 15 is 0 Å². The van der Waals surface area contributed by atoms with Crippen LogP contribution < -0.4 is 10.2 Å². The number of Topliss-reactive ketones (excluding diaryl/α,β-unsaturated/α-hetero) is 1. The van der Waals surface area contributed by atoms with E-state index in [1.165, 1.54) is 17.7 Å². The number of nitrogens with one attached hydrogen (secondary N) is 1. The number of fused-ring (bicyclic) bond motifs is 1. The maximum Gasteiger partial charge on any atom is 0.227 e. The highest BCUT2D eigenvalue weighted by Gasteiger charge is 2.41. The number of carbonyl (C=O) groups excluding carboxylic acids is 2. The fourth-order valence-electron chi connectivity index (χ4n) is 5.96. The summed E-state index contributed by atoms with van der Waals surface area (Å²) < 4.78 is 14.0. The Kier molecular flexibility index (Phi) is 7.93. The highest BCUT2D eigenvalue weighted by Crippen LogP contribution is 2.47. The van der Waals surface area contributed by atoms with Gasteiger partial charge in [-0.3, -0.25) is 14.5 Å². The Labute approximate surface area is 237 Å². The van der Waals surface area contributed by atoms with E-state index in [1.807, 2.05) is 24.3 Å². The van der Waals surface area contributed by atoms with Crippen LogP contribution in [0.1, 0.15) is 94.9 Å². The highest BCUT2D eigenvalue weighted by atomic mass is 19.1. The van der Waals surface area contributed by atoms with Crippen molar-refractivity contribution in [1.82, 2.24) is 0 Å². The number of anilines is 2. The van der Waals surface area contributed by atoms with Crippen LogP contribution in [0.2, 0.25) is 0 Å². The first-order chi connectivity index (χ1) is 19.2. The Bertz CT molecular complexity index is 1420. The lowest BCUT2D eigenvalue weighted by molar-refractivity contribution is -0.119. The maximum atomic E-state index is 14.1. The van der Waals surface area contributed by atoms with Gasteiger partial charge in [0, 0.05) is 24.1 Å². The number of ketones is 1. The summed E-state index contributed by atoms with van der Waals surface area (Å²) in [6.45, 7) is 8.70. The van der Waals surface area contributed by atoms with Crippen molar-refractivity contribution in [2.75, 3.05) is 10.2 Å².